The Morgan fingerprint density at radius 3 is 1.71 bits per heavy atom. The van der Waals surface area contributed by atoms with E-state index in [9.17, 15) is 0 Å². The minimum Gasteiger partial charge on any atom is -0.304 e. The molecule has 0 fully saturated rings. The first kappa shape index (κ1) is 11.7. The Hall–Kier alpha value is -1.74. The summed E-state index contributed by atoms with van der Waals surface area (Å²) in [6.45, 7) is 4.29. The van der Waals surface area contributed by atoms with Gasteiger partial charge in [-0.3, -0.25) is 9.97 Å². The molecule has 2 aromatic heterocycles. The third-order valence-corrected chi connectivity index (χ3v) is 2.87. The van der Waals surface area contributed by atoms with E-state index >= 15 is 0 Å². The van der Waals surface area contributed by atoms with Gasteiger partial charge in [0.2, 0.25) is 0 Å². The summed E-state index contributed by atoms with van der Waals surface area (Å²) in [6, 6.07) is 8.64. The van der Waals surface area contributed by atoms with Gasteiger partial charge in [-0.1, -0.05) is 12.1 Å². The summed E-state index contributed by atoms with van der Waals surface area (Å²) < 4.78 is 0. The first-order chi connectivity index (χ1) is 8.27. The summed E-state index contributed by atoms with van der Waals surface area (Å²) in [6.07, 6.45) is 7.38. The van der Waals surface area contributed by atoms with Crippen molar-refractivity contribution in [1.29, 1.82) is 0 Å². The van der Waals surface area contributed by atoms with E-state index in [1.807, 2.05) is 24.5 Å². The molecule has 0 radical (unpaired) electrons. The molecule has 0 amide bonds. The van der Waals surface area contributed by atoms with Crippen molar-refractivity contribution in [3.8, 4) is 0 Å². The molecule has 17 heavy (non-hydrogen) atoms. The number of aromatic nitrogens is 2. The van der Waals surface area contributed by atoms with Crippen LogP contribution in [-0.4, -0.2) is 9.97 Å². The van der Waals surface area contributed by atoms with Gasteiger partial charge in [-0.25, -0.2) is 0 Å². The highest BCUT2D eigenvalue weighted by Gasteiger charge is 2.10. The lowest BCUT2D eigenvalue weighted by molar-refractivity contribution is 0.493. The van der Waals surface area contributed by atoms with Crippen molar-refractivity contribution in [1.82, 2.24) is 15.3 Å². The number of pyridine rings is 2. The molecule has 3 nitrogen and oxygen atoms in total. The van der Waals surface area contributed by atoms with E-state index in [-0.39, 0.29) is 12.1 Å². The Bertz CT molecular complexity index is 398. The molecule has 0 saturated heterocycles. The largest absolute Gasteiger partial charge is 0.304 e. The molecule has 0 aliphatic rings. The third kappa shape index (κ3) is 3.11. The van der Waals surface area contributed by atoms with Gasteiger partial charge in [-0.15, -0.1) is 0 Å². The average molecular weight is 227 g/mol. The highest BCUT2D eigenvalue weighted by atomic mass is 14.9. The summed E-state index contributed by atoms with van der Waals surface area (Å²) in [5.74, 6) is 0. The Kier molecular flexibility index (Phi) is 3.83. The van der Waals surface area contributed by atoms with E-state index in [1.54, 1.807) is 12.4 Å². The van der Waals surface area contributed by atoms with Gasteiger partial charge < -0.3 is 5.32 Å². The number of hydrogen-bond acceptors (Lipinski definition) is 3. The molecular weight excluding hydrogens is 210 g/mol. The number of nitrogens with one attached hydrogen (secondary N) is 1. The van der Waals surface area contributed by atoms with Crippen molar-refractivity contribution in [3.63, 3.8) is 0 Å². The van der Waals surface area contributed by atoms with Crippen LogP contribution in [-0.2, 0) is 0 Å². The fraction of sp³-hybridized carbons (Fsp3) is 0.286. The van der Waals surface area contributed by atoms with E-state index in [2.05, 4.69) is 41.3 Å². The SMILES string of the molecule is CC(NC(C)c1cccnc1)c1cccnc1. The monoisotopic (exact) mass is 227 g/mol. The molecule has 0 aromatic carbocycles. The molecule has 3 heteroatoms. The lowest BCUT2D eigenvalue weighted by Gasteiger charge is -2.20. The third-order valence-electron chi connectivity index (χ3n) is 2.87. The van der Waals surface area contributed by atoms with Gasteiger partial charge in [0, 0.05) is 36.9 Å². The predicted molar refractivity (Wildman–Crippen MR) is 68.4 cm³/mol. The van der Waals surface area contributed by atoms with Crippen LogP contribution in [0.15, 0.2) is 49.1 Å². The zero-order valence-corrected chi connectivity index (χ0v) is 10.2. The molecule has 2 aromatic rings. The lowest BCUT2D eigenvalue weighted by Crippen LogP contribution is -2.22. The summed E-state index contributed by atoms with van der Waals surface area (Å²) >= 11 is 0. The van der Waals surface area contributed by atoms with Crippen molar-refractivity contribution in [2.45, 2.75) is 25.9 Å². The second-order valence-electron chi connectivity index (χ2n) is 4.18. The fourth-order valence-electron chi connectivity index (χ4n) is 1.83. The van der Waals surface area contributed by atoms with Crippen molar-refractivity contribution in [3.05, 3.63) is 60.2 Å². The van der Waals surface area contributed by atoms with Crippen molar-refractivity contribution >= 4 is 0 Å². The summed E-state index contributed by atoms with van der Waals surface area (Å²) in [5.41, 5.74) is 2.39. The maximum absolute atomic E-state index is 4.13. The lowest BCUT2D eigenvalue weighted by atomic mass is 10.1. The highest BCUT2D eigenvalue weighted by Crippen LogP contribution is 2.17. The summed E-state index contributed by atoms with van der Waals surface area (Å²) in [4.78, 5) is 8.27. The summed E-state index contributed by atoms with van der Waals surface area (Å²) in [7, 11) is 0. The first-order valence-electron chi connectivity index (χ1n) is 5.83. The van der Waals surface area contributed by atoms with Crippen LogP contribution in [0.3, 0.4) is 0 Å². The van der Waals surface area contributed by atoms with E-state index < -0.39 is 0 Å². The van der Waals surface area contributed by atoms with Gasteiger partial charge in [0.1, 0.15) is 0 Å². The maximum Gasteiger partial charge on any atom is 0.0315 e. The smallest absolute Gasteiger partial charge is 0.0315 e. The number of hydrogen-bond donors (Lipinski definition) is 1. The van der Waals surface area contributed by atoms with Crippen molar-refractivity contribution < 1.29 is 0 Å². The zero-order chi connectivity index (χ0) is 12.1. The van der Waals surface area contributed by atoms with Crippen LogP contribution >= 0.6 is 0 Å². The summed E-state index contributed by atoms with van der Waals surface area (Å²) in [5, 5.41) is 3.53. The molecule has 0 bridgehead atoms. The average Bonchev–Trinajstić information content (AvgIpc) is 2.40. The van der Waals surface area contributed by atoms with E-state index in [1.165, 1.54) is 11.1 Å². The molecule has 0 aliphatic heterocycles. The van der Waals surface area contributed by atoms with Gasteiger partial charge in [-0.2, -0.15) is 0 Å². The second-order valence-corrected chi connectivity index (χ2v) is 4.18. The van der Waals surface area contributed by atoms with E-state index in [0.29, 0.717) is 0 Å². The Balaban J connectivity index is 2.02. The highest BCUT2D eigenvalue weighted by molar-refractivity contribution is 5.16. The fourth-order valence-corrected chi connectivity index (χ4v) is 1.83. The minimum atomic E-state index is 0.277. The normalized spacial score (nSPS) is 14.2. The molecule has 2 atom stereocenters. The van der Waals surface area contributed by atoms with Gasteiger partial charge in [0.15, 0.2) is 0 Å². The van der Waals surface area contributed by atoms with Crippen LogP contribution < -0.4 is 5.32 Å². The van der Waals surface area contributed by atoms with E-state index in [0.717, 1.165) is 0 Å². The van der Waals surface area contributed by atoms with Crippen LogP contribution in [0.2, 0.25) is 0 Å². The minimum absolute atomic E-state index is 0.277. The topological polar surface area (TPSA) is 37.8 Å². The standard InChI is InChI=1S/C14H17N3/c1-11(13-5-3-7-15-9-13)17-12(2)14-6-4-8-16-10-14/h3-12,17H,1-2H3. The molecule has 2 heterocycles. The second kappa shape index (κ2) is 5.55. The van der Waals surface area contributed by atoms with Crippen LogP contribution in [0.25, 0.3) is 0 Å². The van der Waals surface area contributed by atoms with Crippen molar-refractivity contribution in [2.75, 3.05) is 0 Å². The number of nitrogens with zero attached hydrogens (tertiary/aromatic N) is 2. The first-order valence-corrected chi connectivity index (χ1v) is 5.83. The Morgan fingerprint density at radius 1 is 0.882 bits per heavy atom. The van der Waals surface area contributed by atoms with Crippen LogP contribution in [0, 0.1) is 0 Å². The Morgan fingerprint density at radius 2 is 1.35 bits per heavy atom. The molecule has 0 aliphatic carbocycles. The van der Waals surface area contributed by atoms with Gasteiger partial charge in [-0.05, 0) is 37.1 Å². The molecular formula is C14H17N3. The van der Waals surface area contributed by atoms with E-state index in [4.69, 9.17) is 0 Å². The molecule has 0 saturated carbocycles. The van der Waals surface area contributed by atoms with Crippen LogP contribution in [0.4, 0.5) is 0 Å². The quantitative estimate of drug-likeness (QED) is 0.872. The Labute approximate surface area is 102 Å². The molecule has 0 spiro atoms. The number of rotatable bonds is 4. The van der Waals surface area contributed by atoms with Crippen LogP contribution in [0.1, 0.15) is 37.1 Å². The molecule has 2 rings (SSSR count). The molecule has 88 valence electrons. The van der Waals surface area contributed by atoms with Crippen LogP contribution in [0.5, 0.6) is 0 Å². The van der Waals surface area contributed by atoms with Crippen molar-refractivity contribution in [2.24, 2.45) is 0 Å². The molecule has 2 unspecified atom stereocenters. The predicted octanol–water partition coefficient (Wildman–Crippen LogP) is 2.89. The zero-order valence-electron chi connectivity index (χ0n) is 10.2. The van der Waals surface area contributed by atoms with Gasteiger partial charge in [0.05, 0.1) is 0 Å². The van der Waals surface area contributed by atoms with Gasteiger partial charge in [0.25, 0.3) is 0 Å². The van der Waals surface area contributed by atoms with Gasteiger partial charge >= 0.3 is 0 Å². The maximum atomic E-state index is 4.13. The molecule has 1 N–H and O–H groups in total.